The molecule has 0 saturated carbocycles. The van der Waals surface area contributed by atoms with Gasteiger partial charge in [-0.2, -0.15) is 18.3 Å². The third kappa shape index (κ3) is 1.80. The first-order chi connectivity index (χ1) is 7.38. The summed E-state index contributed by atoms with van der Waals surface area (Å²) in [4.78, 5) is 4.07. The quantitative estimate of drug-likeness (QED) is 0.750. The van der Waals surface area contributed by atoms with Crippen LogP contribution in [0.2, 0.25) is 0 Å². The van der Waals surface area contributed by atoms with Gasteiger partial charge < -0.3 is 4.57 Å². The minimum atomic E-state index is -4.43. The van der Waals surface area contributed by atoms with Gasteiger partial charge in [0.1, 0.15) is 0 Å². The maximum Gasteiger partial charge on any atom is 0.435 e. The predicted octanol–water partition coefficient (Wildman–Crippen LogP) is 1.93. The zero-order valence-electron chi connectivity index (χ0n) is 8.65. The maximum atomic E-state index is 12.3. The van der Waals surface area contributed by atoms with Crippen molar-refractivity contribution in [2.45, 2.75) is 13.1 Å². The number of aromatic nitrogens is 4. The normalized spacial score (nSPS) is 12.1. The molecule has 0 aliphatic rings. The first-order valence-electron chi connectivity index (χ1n) is 4.51. The number of halogens is 3. The largest absolute Gasteiger partial charge is 0.435 e. The van der Waals surface area contributed by atoms with E-state index in [2.05, 4.69) is 10.1 Å². The average Bonchev–Trinajstić information content (AvgIpc) is 2.70. The van der Waals surface area contributed by atoms with Crippen molar-refractivity contribution in [2.24, 2.45) is 7.05 Å². The van der Waals surface area contributed by atoms with E-state index in [1.165, 1.54) is 6.20 Å². The van der Waals surface area contributed by atoms with Crippen molar-refractivity contribution in [3.63, 3.8) is 0 Å². The molecule has 86 valence electrons. The van der Waals surface area contributed by atoms with Crippen LogP contribution in [-0.4, -0.2) is 19.3 Å². The summed E-state index contributed by atoms with van der Waals surface area (Å²) in [5.41, 5.74) is -0.199. The number of hydrogen-bond donors (Lipinski definition) is 0. The van der Waals surface area contributed by atoms with E-state index in [-0.39, 0.29) is 0 Å². The molecular weight excluding hydrogens is 221 g/mol. The van der Waals surface area contributed by atoms with Gasteiger partial charge in [0.25, 0.3) is 0 Å². The van der Waals surface area contributed by atoms with Gasteiger partial charge in [-0.1, -0.05) is 0 Å². The summed E-state index contributed by atoms with van der Waals surface area (Å²) in [6.45, 7) is 1.76. The molecule has 0 unspecified atom stereocenters. The monoisotopic (exact) mass is 230 g/mol. The summed E-state index contributed by atoms with van der Waals surface area (Å²) in [5, 5.41) is 3.43. The van der Waals surface area contributed by atoms with Crippen LogP contribution >= 0.6 is 0 Å². The molecule has 0 aliphatic heterocycles. The van der Waals surface area contributed by atoms with Crippen molar-refractivity contribution >= 4 is 0 Å². The number of alkyl halides is 3. The van der Waals surface area contributed by atoms with Gasteiger partial charge in [-0.3, -0.25) is 0 Å². The molecule has 2 heterocycles. The minimum absolute atomic E-state index is 0.355. The van der Waals surface area contributed by atoms with Crippen LogP contribution in [0, 0.1) is 6.92 Å². The van der Waals surface area contributed by atoms with Crippen LogP contribution in [0.4, 0.5) is 13.2 Å². The summed E-state index contributed by atoms with van der Waals surface area (Å²) in [6.07, 6.45) is -1.47. The number of hydrogen-bond acceptors (Lipinski definition) is 2. The number of aryl methyl sites for hydroxylation is 2. The Bertz CT molecular complexity index is 509. The van der Waals surface area contributed by atoms with Gasteiger partial charge in [0, 0.05) is 19.4 Å². The Balaban J connectivity index is 2.43. The van der Waals surface area contributed by atoms with Crippen molar-refractivity contribution in [3.8, 4) is 5.95 Å². The lowest BCUT2D eigenvalue weighted by Crippen LogP contribution is -2.09. The van der Waals surface area contributed by atoms with E-state index in [1.807, 2.05) is 0 Å². The zero-order valence-corrected chi connectivity index (χ0v) is 8.65. The summed E-state index contributed by atoms with van der Waals surface area (Å²) in [6, 6.07) is 0.921. The maximum absolute atomic E-state index is 12.3. The molecule has 4 nitrogen and oxygen atoms in total. The number of imidazole rings is 1. The van der Waals surface area contributed by atoms with Crippen molar-refractivity contribution in [1.82, 2.24) is 19.3 Å². The molecule has 16 heavy (non-hydrogen) atoms. The smallest absolute Gasteiger partial charge is 0.318 e. The standard InChI is InChI=1S/C9H9F3N4/c1-6-5-15(2)8(13-6)16-4-3-7(14-16)9(10,11)12/h3-5H,1-2H3. The molecule has 0 atom stereocenters. The highest BCUT2D eigenvalue weighted by atomic mass is 19.4. The van der Waals surface area contributed by atoms with Gasteiger partial charge in [0.2, 0.25) is 5.95 Å². The Labute approximate surface area is 89.3 Å². The van der Waals surface area contributed by atoms with Crippen LogP contribution < -0.4 is 0 Å². The molecule has 0 fully saturated rings. The fourth-order valence-corrected chi connectivity index (χ4v) is 1.40. The molecule has 2 aromatic heterocycles. The van der Waals surface area contributed by atoms with Gasteiger partial charge in [0.05, 0.1) is 5.69 Å². The Morgan fingerprint density at radius 2 is 2.00 bits per heavy atom. The van der Waals surface area contributed by atoms with Crippen molar-refractivity contribution < 1.29 is 13.2 Å². The highest BCUT2D eigenvalue weighted by Gasteiger charge is 2.33. The molecule has 0 saturated heterocycles. The first kappa shape index (κ1) is 10.7. The van der Waals surface area contributed by atoms with E-state index in [0.717, 1.165) is 16.4 Å². The topological polar surface area (TPSA) is 35.6 Å². The highest BCUT2D eigenvalue weighted by molar-refractivity contribution is 5.18. The lowest BCUT2D eigenvalue weighted by molar-refractivity contribution is -0.141. The Kier molecular flexibility index (Phi) is 2.25. The molecule has 0 aliphatic carbocycles. The lowest BCUT2D eigenvalue weighted by atomic mass is 10.4. The Morgan fingerprint density at radius 3 is 2.44 bits per heavy atom. The summed E-state index contributed by atoms with van der Waals surface area (Å²) in [7, 11) is 1.70. The Hall–Kier alpha value is -1.79. The van der Waals surface area contributed by atoms with E-state index in [9.17, 15) is 13.2 Å². The SMILES string of the molecule is Cc1cn(C)c(-n2ccc(C(F)(F)F)n2)n1. The number of nitrogens with zero attached hydrogens (tertiary/aromatic N) is 4. The molecule has 0 N–H and O–H groups in total. The Morgan fingerprint density at radius 1 is 1.31 bits per heavy atom. The second-order valence-electron chi connectivity index (χ2n) is 3.44. The second kappa shape index (κ2) is 3.36. The fraction of sp³-hybridized carbons (Fsp3) is 0.333. The van der Waals surface area contributed by atoms with Gasteiger partial charge in [-0.25, -0.2) is 9.67 Å². The third-order valence-corrected chi connectivity index (χ3v) is 2.06. The molecule has 2 rings (SSSR count). The van der Waals surface area contributed by atoms with Crippen molar-refractivity contribution in [2.75, 3.05) is 0 Å². The van der Waals surface area contributed by atoms with Gasteiger partial charge in [0.15, 0.2) is 5.69 Å². The summed E-state index contributed by atoms with van der Waals surface area (Å²) >= 11 is 0. The van der Waals surface area contributed by atoms with E-state index in [0.29, 0.717) is 5.95 Å². The lowest BCUT2D eigenvalue weighted by Gasteiger charge is -2.02. The van der Waals surface area contributed by atoms with Crippen LogP contribution in [0.5, 0.6) is 0 Å². The van der Waals surface area contributed by atoms with Crippen LogP contribution in [0.15, 0.2) is 18.5 Å². The fourth-order valence-electron chi connectivity index (χ4n) is 1.40. The van der Waals surface area contributed by atoms with Crippen molar-refractivity contribution in [1.29, 1.82) is 0 Å². The summed E-state index contributed by atoms with van der Waals surface area (Å²) < 4.78 is 39.7. The predicted molar refractivity (Wildman–Crippen MR) is 50.1 cm³/mol. The second-order valence-corrected chi connectivity index (χ2v) is 3.44. The van der Waals surface area contributed by atoms with E-state index in [1.54, 1.807) is 24.7 Å². The van der Waals surface area contributed by atoms with E-state index in [4.69, 9.17) is 0 Å². The molecule has 0 spiro atoms. The highest BCUT2D eigenvalue weighted by Crippen LogP contribution is 2.27. The van der Waals surface area contributed by atoms with Gasteiger partial charge in [-0.05, 0) is 13.0 Å². The molecule has 0 aromatic carbocycles. The molecular formula is C9H9F3N4. The minimum Gasteiger partial charge on any atom is -0.318 e. The molecule has 2 aromatic rings. The molecule has 7 heteroatoms. The third-order valence-electron chi connectivity index (χ3n) is 2.06. The first-order valence-corrected chi connectivity index (χ1v) is 4.51. The number of rotatable bonds is 1. The van der Waals surface area contributed by atoms with Crippen LogP contribution in [-0.2, 0) is 13.2 Å². The average molecular weight is 230 g/mol. The molecule has 0 bridgehead atoms. The van der Waals surface area contributed by atoms with Gasteiger partial charge >= 0.3 is 6.18 Å². The van der Waals surface area contributed by atoms with Crippen molar-refractivity contribution in [3.05, 3.63) is 29.8 Å². The van der Waals surface area contributed by atoms with Gasteiger partial charge in [-0.15, -0.1) is 0 Å². The van der Waals surface area contributed by atoms with E-state index < -0.39 is 11.9 Å². The van der Waals surface area contributed by atoms with E-state index >= 15 is 0 Å². The molecule has 0 amide bonds. The van der Waals surface area contributed by atoms with Crippen LogP contribution in [0.25, 0.3) is 5.95 Å². The van der Waals surface area contributed by atoms with Crippen LogP contribution in [0.1, 0.15) is 11.4 Å². The zero-order chi connectivity index (χ0) is 11.9. The molecule has 0 radical (unpaired) electrons. The van der Waals surface area contributed by atoms with Crippen LogP contribution in [0.3, 0.4) is 0 Å². The summed E-state index contributed by atoms with van der Waals surface area (Å²) in [5.74, 6) is 0.355.